The molecule has 0 aliphatic carbocycles. The third kappa shape index (κ3) is 13.6. The molecule has 0 saturated heterocycles. The zero-order valence-corrected chi connectivity index (χ0v) is 28.6. The van der Waals surface area contributed by atoms with Gasteiger partial charge >= 0.3 is 24.7 Å². The van der Waals surface area contributed by atoms with Crippen LogP contribution in [0.2, 0.25) is 10.0 Å². The number of benzene rings is 4. The molecule has 0 unspecified atom stereocenters. The molecule has 0 radical (unpaired) electrons. The van der Waals surface area contributed by atoms with Gasteiger partial charge < -0.3 is 38.3 Å². The van der Waals surface area contributed by atoms with E-state index in [2.05, 4.69) is 23.7 Å². The maximum atomic E-state index is 14.0. The molecule has 288 valence electrons. The van der Waals surface area contributed by atoms with E-state index in [4.69, 9.17) is 37.8 Å². The Morgan fingerprint density at radius 1 is 0.566 bits per heavy atom. The highest BCUT2D eigenvalue weighted by Gasteiger charge is 2.32. The number of rotatable bonds is 8. The summed E-state index contributed by atoms with van der Waals surface area (Å²) in [6.45, 7) is 0. The number of hydrogen-bond acceptors (Lipinski definition) is 10. The highest BCUT2D eigenvalue weighted by atomic mass is 35.5. The molecule has 0 saturated carbocycles. The molecule has 4 aromatic carbocycles. The van der Waals surface area contributed by atoms with Gasteiger partial charge in [-0.3, -0.25) is 0 Å². The van der Waals surface area contributed by atoms with Crippen LogP contribution in [-0.4, -0.2) is 58.2 Å². The smallest absolute Gasteiger partial charge is 0.504 e. The molecule has 0 heterocycles. The van der Waals surface area contributed by atoms with E-state index in [1.54, 1.807) is 0 Å². The number of phenolic OH excluding ortho intramolecular Hbond substituents is 1. The van der Waals surface area contributed by atoms with Gasteiger partial charge in [0.2, 0.25) is 0 Å². The molecular formula is C32H23Cl2F9O10. The van der Waals surface area contributed by atoms with Crippen molar-refractivity contribution in [3.05, 3.63) is 99.3 Å². The van der Waals surface area contributed by atoms with Crippen LogP contribution in [0.5, 0.6) is 40.2 Å². The van der Waals surface area contributed by atoms with Crippen molar-refractivity contribution in [2.45, 2.75) is 12.7 Å². The van der Waals surface area contributed by atoms with E-state index in [-0.39, 0.29) is 38.8 Å². The second kappa shape index (κ2) is 18.9. The van der Waals surface area contributed by atoms with Crippen molar-refractivity contribution >= 4 is 35.1 Å². The van der Waals surface area contributed by atoms with Crippen molar-refractivity contribution in [2.75, 3.05) is 28.4 Å². The van der Waals surface area contributed by atoms with E-state index in [0.717, 1.165) is 74.9 Å². The number of phenols is 1. The Labute approximate surface area is 303 Å². The molecule has 4 rings (SSSR count). The fourth-order valence-corrected chi connectivity index (χ4v) is 4.06. The van der Waals surface area contributed by atoms with Gasteiger partial charge in [0.05, 0.1) is 28.4 Å². The van der Waals surface area contributed by atoms with Gasteiger partial charge in [0.1, 0.15) is 45.8 Å². The number of ether oxygens (including phenoxy) is 7. The summed E-state index contributed by atoms with van der Waals surface area (Å²) in [4.78, 5) is 22.6. The van der Waals surface area contributed by atoms with Gasteiger partial charge in [0.15, 0.2) is 23.0 Å². The van der Waals surface area contributed by atoms with Gasteiger partial charge in [-0.05, 0) is 42.5 Å². The summed E-state index contributed by atoms with van der Waals surface area (Å²) in [7, 11) is 4.49. The van der Waals surface area contributed by atoms with Gasteiger partial charge in [-0.2, -0.15) is 0 Å². The maximum absolute atomic E-state index is 14.0. The second-order valence-electron chi connectivity index (χ2n) is 9.33. The van der Waals surface area contributed by atoms with Gasteiger partial charge in [-0.1, -0.05) is 23.2 Å². The molecule has 21 heteroatoms. The Morgan fingerprint density at radius 3 is 1.43 bits per heavy atom. The lowest BCUT2D eigenvalue weighted by Gasteiger charge is -2.15. The van der Waals surface area contributed by atoms with Crippen molar-refractivity contribution in [1.82, 2.24) is 0 Å². The molecule has 0 bridgehead atoms. The Bertz CT molecular complexity index is 1880. The van der Waals surface area contributed by atoms with Crippen LogP contribution in [0, 0.1) is 17.5 Å². The Balaban J connectivity index is 0.000000303. The van der Waals surface area contributed by atoms with Crippen LogP contribution in [0.15, 0.2) is 60.7 Å². The predicted molar refractivity (Wildman–Crippen MR) is 167 cm³/mol. The average molecular weight is 809 g/mol. The summed E-state index contributed by atoms with van der Waals surface area (Å²) in [5.41, 5.74) is -1.26. The molecule has 0 atom stereocenters. The fourth-order valence-electron chi connectivity index (χ4n) is 3.67. The zero-order valence-electron chi connectivity index (χ0n) is 27.1. The Morgan fingerprint density at radius 2 is 0.981 bits per heavy atom. The van der Waals surface area contributed by atoms with Crippen molar-refractivity contribution in [3.8, 4) is 40.2 Å². The molecule has 10 nitrogen and oxygen atoms in total. The van der Waals surface area contributed by atoms with Crippen LogP contribution in [0.1, 0.15) is 20.7 Å². The number of aromatic hydroxyl groups is 1. The molecule has 0 amide bonds. The number of methoxy groups -OCH3 is 4. The first-order valence-corrected chi connectivity index (χ1v) is 14.4. The van der Waals surface area contributed by atoms with Crippen LogP contribution in [-0.2, 0) is 9.47 Å². The standard InChI is InChI=1S/C16H11ClF4O5.C8H5ClF2O2.C8H7F3O3/c1-23-12-7-9(26-16(19,20)21)3-4-11(12)25-13-6-8(17)5-10(18)14(13)15(22)24-2;1-13-8(12)7-5(10)2-4(9)3-6(7)11;1-13-7-4-5(2-3-6(7)12)14-8(9,10)11/h3-7H,1-2H3;2-3H,1H3;2-4,12H,1H3. The van der Waals surface area contributed by atoms with Crippen molar-refractivity contribution < 1.29 is 87.4 Å². The largest absolute Gasteiger partial charge is 0.573 e. The van der Waals surface area contributed by atoms with Crippen LogP contribution >= 0.6 is 23.2 Å². The zero-order chi connectivity index (χ0) is 40.3. The van der Waals surface area contributed by atoms with Crippen LogP contribution < -0.4 is 23.7 Å². The van der Waals surface area contributed by atoms with E-state index >= 15 is 0 Å². The molecule has 0 aliphatic rings. The molecule has 53 heavy (non-hydrogen) atoms. The summed E-state index contributed by atoms with van der Waals surface area (Å²) >= 11 is 11.1. The third-order valence-corrected chi connectivity index (χ3v) is 6.21. The van der Waals surface area contributed by atoms with Crippen molar-refractivity contribution in [3.63, 3.8) is 0 Å². The lowest BCUT2D eigenvalue weighted by atomic mass is 10.2. The summed E-state index contributed by atoms with van der Waals surface area (Å²) < 4.78 is 143. The summed E-state index contributed by atoms with van der Waals surface area (Å²) in [6.07, 6.45) is -9.64. The highest BCUT2D eigenvalue weighted by molar-refractivity contribution is 6.31. The Kier molecular flexibility index (Phi) is 15.6. The molecule has 4 aromatic rings. The van der Waals surface area contributed by atoms with E-state index in [1.807, 2.05) is 0 Å². The van der Waals surface area contributed by atoms with E-state index in [0.29, 0.717) is 0 Å². The first kappa shape index (κ1) is 43.7. The lowest BCUT2D eigenvalue weighted by Crippen LogP contribution is -2.17. The lowest BCUT2D eigenvalue weighted by molar-refractivity contribution is -0.275. The topological polar surface area (TPSA) is 119 Å². The number of halogens is 11. The Hall–Kier alpha value is -5.43. The monoisotopic (exact) mass is 808 g/mol. The van der Waals surface area contributed by atoms with Crippen molar-refractivity contribution in [2.24, 2.45) is 0 Å². The first-order chi connectivity index (χ1) is 24.6. The minimum absolute atomic E-state index is 0.0684. The number of carbonyl (C=O) groups excluding carboxylic acids is 2. The average Bonchev–Trinajstić information content (AvgIpc) is 3.04. The van der Waals surface area contributed by atoms with Gasteiger partial charge in [0, 0.05) is 28.2 Å². The minimum Gasteiger partial charge on any atom is -0.504 e. The van der Waals surface area contributed by atoms with Crippen LogP contribution in [0.4, 0.5) is 39.5 Å². The molecule has 0 fully saturated rings. The van der Waals surface area contributed by atoms with Gasteiger partial charge in [-0.15, -0.1) is 26.3 Å². The maximum Gasteiger partial charge on any atom is 0.573 e. The summed E-state index contributed by atoms with van der Waals surface area (Å²) in [6, 6.07) is 9.70. The molecule has 1 N–H and O–H groups in total. The second-order valence-corrected chi connectivity index (χ2v) is 10.2. The van der Waals surface area contributed by atoms with Crippen LogP contribution in [0.25, 0.3) is 0 Å². The summed E-state index contributed by atoms with van der Waals surface area (Å²) in [5, 5.41) is 8.89. The predicted octanol–water partition coefficient (Wildman–Crippen LogP) is 9.67. The van der Waals surface area contributed by atoms with Crippen molar-refractivity contribution in [1.29, 1.82) is 0 Å². The van der Waals surface area contributed by atoms with E-state index in [1.165, 1.54) is 14.2 Å². The number of hydrogen-bond donors (Lipinski definition) is 1. The normalized spacial score (nSPS) is 10.8. The molecule has 0 aliphatic heterocycles. The minimum atomic E-state index is -4.89. The highest BCUT2D eigenvalue weighted by Crippen LogP contribution is 2.39. The SMILES string of the molecule is COC(=O)c1c(F)cc(Cl)cc1F.COC(=O)c1c(F)cc(Cl)cc1Oc1ccc(OC(F)(F)F)cc1OC.COc1cc(OC(F)(F)F)ccc1O. The number of carbonyl (C=O) groups is 2. The number of alkyl halides is 6. The molecule has 0 spiro atoms. The molecule has 0 aromatic heterocycles. The van der Waals surface area contributed by atoms with Gasteiger partial charge in [-0.25, -0.2) is 22.8 Å². The quantitative estimate of drug-likeness (QED) is 0.136. The fraction of sp³-hybridized carbons (Fsp3) is 0.188. The summed E-state index contributed by atoms with van der Waals surface area (Å²) in [5.74, 6) is -7.00. The molecular weight excluding hydrogens is 786 g/mol. The van der Waals surface area contributed by atoms with E-state index < -0.39 is 64.7 Å². The number of esters is 2. The van der Waals surface area contributed by atoms with Gasteiger partial charge in [0.25, 0.3) is 0 Å². The first-order valence-electron chi connectivity index (χ1n) is 13.7. The van der Waals surface area contributed by atoms with Crippen LogP contribution in [0.3, 0.4) is 0 Å². The van der Waals surface area contributed by atoms with E-state index in [9.17, 15) is 49.1 Å². The third-order valence-electron chi connectivity index (χ3n) is 5.78.